The highest BCUT2D eigenvalue weighted by molar-refractivity contribution is 6.19. The molecular weight excluding hydrogens is 584 g/mol. The van der Waals surface area contributed by atoms with Gasteiger partial charge in [0.05, 0.1) is 11.2 Å². The second kappa shape index (κ2) is 10.6. The van der Waals surface area contributed by atoms with E-state index in [1.165, 1.54) is 18.6 Å². The quantitative estimate of drug-likeness (QED) is 0.228. The molecule has 2 fully saturated rings. The molecule has 0 radical (unpaired) electrons. The van der Waals surface area contributed by atoms with Crippen LogP contribution in [0.25, 0.3) is 6.08 Å². The minimum atomic E-state index is -1.63. The van der Waals surface area contributed by atoms with Crippen LogP contribution in [0.1, 0.15) is 103 Å². The van der Waals surface area contributed by atoms with E-state index in [-0.39, 0.29) is 40.8 Å². The molecule has 0 aromatic heterocycles. The van der Waals surface area contributed by atoms with E-state index in [9.17, 15) is 24.6 Å². The van der Waals surface area contributed by atoms with E-state index in [4.69, 9.17) is 14.2 Å². The Morgan fingerprint density at radius 1 is 1.00 bits per heavy atom. The van der Waals surface area contributed by atoms with Crippen molar-refractivity contribution in [2.45, 2.75) is 110 Å². The Morgan fingerprint density at radius 3 is 2.35 bits per heavy atom. The molecule has 244 valence electrons. The monoisotopic (exact) mass is 628 g/mol. The van der Waals surface area contributed by atoms with E-state index < -0.39 is 40.1 Å². The van der Waals surface area contributed by atoms with Crippen molar-refractivity contribution in [3.05, 3.63) is 69.4 Å². The number of carbonyl (C=O) groups is 3. The van der Waals surface area contributed by atoms with Crippen LogP contribution >= 0.6 is 0 Å². The number of ether oxygens (including phenoxy) is 3. The number of rotatable bonds is 8. The predicted octanol–water partition coefficient (Wildman–Crippen LogP) is 7.24. The fourth-order valence-electron chi connectivity index (χ4n) is 8.17. The molecular formula is C38H44O8. The topological polar surface area (TPSA) is 119 Å². The summed E-state index contributed by atoms with van der Waals surface area (Å²) in [5.74, 6) is -2.28. The molecule has 8 nitrogen and oxygen atoms in total. The van der Waals surface area contributed by atoms with Gasteiger partial charge in [-0.2, -0.15) is 0 Å². The molecule has 1 aromatic carbocycles. The number of allylic oxidation sites excluding steroid dienone is 5. The van der Waals surface area contributed by atoms with E-state index in [1.54, 1.807) is 6.08 Å². The third-order valence-corrected chi connectivity index (χ3v) is 10.5. The number of carbonyl (C=O) groups excluding carboxylic acids is 2. The van der Waals surface area contributed by atoms with Gasteiger partial charge >= 0.3 is 5.97 Å². The Morgan fingerprint density at radius 2 is 1.70 bits per heavy atom. The molecule has 4 bridgehead atoms. The molecule has 0 amide bonds. The summed E-state index contributed by atoms with van der Waals surface area (Å²) in [7, 11) is 0. The van der Waals surface area contributed by atoms with Gasteiger partial charge < -0.3 is 24.4 Å². The van der Waals surface area contributed by atoms with Crippen LogP contribution in [-0.4, -0.2) is 50.2 Å². The number of fused-ring (bicyclic) bond motifs is 2. The van der Waals surface area contributed by atoms with Crippen LogP contribution in [0.5, 0.6) is 17.2 Å². The van der Waals surface area contributed by atoms with Gasteiger partial charge in [-0.3, -0.25) is 9.59 Å². The molecule has 8 heteroatoms. The predicted molar refractivity (Wildman–Crippen MR) is 174 cm³/mol. The first-order chi connectivity index (χ1) is 21.5. The van der Waals surface area contributed by atoms with Crippen LogP contribution in [0, 0.1) is 11.8 Å². The van der Waals surface area contributed by atoms with Gasteiger partial charge in [0.15, 0.2) is 22.8 Å². The summed E-state index contributed by atoms with van der Waals surface area (Å²) in [4.78, 5) is 40.8. The first kappa shape index (κ1) is 32.0. The summed E-state index contributed by atoms with van der Waals surface area (Å²) in [6.07, 6.45) is 13.4. The zero-order valence-corrected chi connectivity index (χ0v) is 28.0. The number of benzene rings is 1. The first-order valence-corrected chi connectivity index (χ1v) is 16.2. The van der Waals surface area contributed by atoms with E-state index >= 15 is 0 Å². The van der Waals surface area contributed by atoms with Gasteiger partial charge in [-0.25, -0.2) is 4.79 Å². The largest absolute Gasteiger partial charge is 0.506 e. The zero-order valence-electron chi connectivity index (χ0n) is 28.0. The fourth-order valence-corrected chi connectivity index (χ4v) is 8.17. The second-order valence-electron chi connectivity index (χ2n) is 14.8. The smallest absolute Gasteiger partial charge is 0.330 e. The minimum absolute atomic E-state index is 0.0544. The molecule has 3 heterocycles. The normalized spacial score (nSPS) is 31.2. The third kappa shape index (κ3) is 4.47. The lowest BCUT2D eigenvalue weighted by Gasteiger charge is -2.56. The Kier molecular flexibility index (Phi) is 7.36. The maximum absolute atomic E-state index is 14.7. The highest BCUT2D eigenvalue weighted by Crippen LogP contribution is 2.68. The second-order valence-corrected chi connectivity index (χ2v) is 14.8. The van der Waals surface area contributed by atoms with Gasteiger partial charge in [0, 0.05) is 35.0 Å². The van der Waals surface area contributed by atoms with Crippen LogP contribution < -0.4 is 9.47 Å². The van der Waals surface area contributed by atoms with Crippen LogP contribution in [0.3, 0.4) is 0 Å². The molecule has 46 heavy (non-hydrogen) atoms. The minimum Gasteiger partial charge on any atom is -0.506 e. The van der Waals surface area contributed by atoms with E-state index in [0.717, 1.165) is 12.0 Å². The number of aliphatic carboxylic acids is 1. The van der Waals surface area contributed by atoms with Gasteiger partial charge in [-0.05, 0) is 93.2 Å². The molecule has 5 atom stereocenters. The molecule has 3 aliphatic heterocycles. The average Bonchev–Trinajstić information content (AvgIpc) is 3.12. The molecule has 6 aliphatic rings. The molecule has 1 saturated carbocycles. The van der Waals surface area contributed by atoms with Gasteiger partial charge in [0.25, 0.3) is 0 Å². The van der Waals surface area contributed by atoms with E-state index in [0.29, 0.717) is 41.7 Å². The maximum atomic E-state index is 14.7. The highest BCUT2D eigenvalue weighted by atomic mass is 16.6. The van der Waals surface area contributed by atoms with Crippen molar-refractivity contribution in [1.29, 1.82) is 0 Å². The van der Waals surface area contributed by atoms with Crippen molar-refractivity contribution in [2.75, 3.05) is 0 Å². The highest BCUT2D eigenvalue weighted by Gasteiger charge is 2.81. The summed E-state index contributed by atoms with van der Waals surface area (Å²) in [5.41, 5.74) is -0.952. The van der Waals surface area contributed by atoms with Crippen LogP contribution in [0.15, 0.2) is 52.7 Å². The average molecular weight is 629 g/mol. The van der Waals surface area contributed by atoms with Crippen molar-refractivity contribution in [1.82, 2.24) is 0 Å². The standard InChI is InChI=1S/C38H44O8/c1-20(2)10-9-15-36(8)16-14-24-29(39)28-30(40)26-18-23-19-27-35(6,7)46-37(33(23)41,17-13-22(5)34(42)43)38(26,27)45-32(28)25(31(24)44-36)12-11-21(3)4/h10-11,13-14,16,18,23,27,39H,9,12,15,17,19H2,1-8H3,(H,42,43)/t23-,27?,36-,37?,38-/m1/s1. The van der Waals surface area contributed by atoms with Crippen LogP contribution in [0.2, 0.25) is 0 Å². The SMILES string of the molecule is CC(C)=CCC[C@]1(C)C=Cc2c(O)c3c(c(CC=C(C)C)c2O1)O[C@]12C(=C[C@@H]4CC1C(C)(C)OC2(CC=C(C)C(=O)O)C4=O)C3=O. The molecule has 1 spiro atoms. The van der Waals surface area contributed by atoms with Crippen molar-refractivity contribution < 1.29 is 38.8 Å². The Balaban J connectivity index is 1.59. The van der Waals surface area contributed by atoms with Crippen molar-refractivity contribution in [3.8, 4) is 17.2 Å². The number of hydrogen-bond acceptors (Lipinski definition) is 7. The van der Waals surface area contributed by atoms with Crippen molar-refractivity contribution in [3.63, 3.8) is 0 Å². The van der Waals surface area contributed by atoms with E-state index in [2.05, 4.69) is 19.9 Å². The van der Waals surface area contributed by atoms with Crippen molar-refractivity contribution in [2.24, 2.45) is 11.8 Å². The number of ketones is 2. The van der Waals surface area contributed by atoms with Gasteiger partial charge in [-0.15, -0.1) is 0 Å². The number of Topliss-reactive ketones (excluding diaryl/α,β-unsaturated/α-hetero) is 2. The summed E-state index contributed by atoms with van der Waals surface area (Å²) in [5, 5.41) is 21.4. The fraction of sp³-hybridized carbons (Fsp3) is 0.500. The van der Waals surface area contributed by atoms with Crippen LogP contribution in [-0.2, 0) is 20.7 Å². The summed E-state index contributed by atoms with van der Waals surface area (Å²) in [6, 6.07) is 0. The molecule has 2 N–H and O–H groups in total. The summed E-state index contributed by atoms with van der Waals surface area (Å²) >= 11 is 0. The summed E-state index contributed by atoms with van der Waals surface area (Å²) < 4.78 is 20.6. The van der Waals surface area contributed by atoms with Crippen LogP contribution in [0.4, 0.5) is 0 Å². The lowest BCUT2D eigenvalue weighted by atomic mass is 9.51. The zero-order chi connectivity index (χ0) is 33.6. The number of phenols is 1. The molecule has 1 saturated heterocycles. The maximum Gasteiger partial charge on any atom is 0.330 e. The first-order valence-electron chi connectivity index (χ1n) is 16.2. The molecule has 1 aromatic rings. The number of phenolic OH excluding ortho intramolecular Hbond substituents is 1. The van der Waals surface area contributed by atoms with Crippen molar-refractivity contribution >= 4 is 23.6 Å². The Hall–Kier alpha value is -3.91. The Labute approximate surface area is 270 Å². The van der Waals surface area contributed by atoms with Gasteiger partial charge in [0.2, 0.25) is 0 Å². The number of carboxylic acids is 1. The molecule has 2 unspecified atom stereocenters. The lowest BCUT2D eigenvalue weighted by Crippen LogP contribution is -2.72. The lowest BCUT2D eigenvalue weighted by molar-refractivity contribution is -0.171. The number of aromatic hydroxyl groups is 1. The molecule has 7 rings (SSSR count). The summed E-state index contributed by atoms with van der Waals surface area (Å²) in [6.45, 7) is 15.4. The number of hydrogen-bond donors (Lipinski definition) is 2. The molecule has 3 aliphatic carbocycles. The Bertz CT molecular complexity index is 1730. The van der Waals surface area contributed by atoms with Gasteiger partial charge in [-0.1, -0.05) is 35.5 Å². The third-order valence-electron chi connectivity index (χ3n) is 10.5. The van der Waals surface area contributed by atoms with Gasteiger partial charge in [0.1, 0.15) is 28.4 Å². The van der Waals surface area contributed by atoms with E-state index in [1.807, 2.05) is 52.8 Å². The number of carboxylic acid groups (broad SMARTS) is 1.